The molecule has 0 saturated carbocycles. The molecule has 0 rings (SSSR count). The van der Waals surface area contributed by atoms with Crippen molar-refractivity contribution in [1.29, 1.82) is 0 Å². The van der Waals surface area contributed by atoms with Crippen LogP contribution in [0.3, 0.4) is 0 Å². The summed E-state index contributed by atoms with van der Waals surface area (Å²) >= 11 is 0. The fraction of sp³-hybridized carbons (Fsp3) is 0.674. The summed E-state index contributed by atoms with van der Waals surface area (Å²) in [7, 11) is -9.81. The maximum atomic E-state index is 13.0. The summed E-state index contributed by atoms with van der Waals surface area (Å²) in [4.78, 5) is 58.9. The van der Waals surface area contributed by atoms with E-state index in [2.05, 4.69) is 191 Å². The monoisotopic (exact) mass is 1620 g/mol. The molecule has 646 valence electrons. The lowest BCUT2D eigenvalue weighted by molar-refractivity contribution is -0.161. The van der Waals surface area contributed by atoms with E-state index in [1.165, 1.54) is 103 Å². The highest BCUT2D eigenvalue weighted by atomic mass is 31.2. The minimum atomic E-state index is -4.94. The van der Waals surface area contributed by atoms with Crippen LogP contribution in [0.1, 0.15) is 355 Å². The van der Waals surface area contributed by atoms with Crippen molar-refractivity contribution in [3.05, 3.63) is 170 Å². The van der Waals surface area contributed by atoms with Crippen LogP contribution in [0.4, 0.5) is 0 Å². The van der Waals surface area contributed by atoms with Crippen LogP contribution in [0.15, 0.2) is 170 Å². The Hall–Kier alpha value is -5.09. The zero-order valence-corrected chi connectivity index (χ0v) is 72.8. The van der Waals surface area contributed by atoms with Crippen LogP contribution in [0.2, 0.25) is 0 Å². The summed E-state index contributed by atoms with van der Waals surface area (Å²) in [6.45, 7) is 2.36. The van der Waals surface area contributed by atoms with Crippen molar-refractivity contribution in [3.63, 3.8) is 0 Å². The number of phosphoric ester groups is 2. The third-order valence-electron chi connectivity index (χ3n) is 18.4. The molecule has 0 saturated heterocycles. The van der Waals surface area contributed by atoms with Crippen LogP contribution < -0.4 is 0 Å². The van der Waals surface area contributed by atoms with Crippen molar-refractivity contribution in [3.8, 4) is 0 Å². The molecule has 0 heterocycles. The molecule has 0 radical (unpaired) electrons. The fourth-order valence-electron chi connectivity index (χ4n) is 11.8. The van der Waals surface area contributed by atoms with Gasteiger partial charge in [0, 0.05) is 19.3 Å². The number of ether oxygens (including phenoxy) is 3. The average Bonchev–Trinajstić information content (AvgIpc) is 0.900. The third kappa shape index (κ3) is 87.6. The van der Waals surface area contributed by atoms with E-state index in [0.29, 0.717) is 19.3 Å². The normalized spacial score (nSPS) is 14.6. The summed E-state index contributed by atoms with van der Waals surface area (Å²) in [5.41, 5.74) is 0. The lowest BCUT2D eigenvalue weighted by Crippen LogP contribution is -2.30. The molecule has 0 aliphatic heterocycles. The number of hydrogen-bond donors (Lipinski definition) is 4. The number of esters is 3. The molecule has 0 amide bonds. The van der Waals surface area contributed by atoms with Gasteiger partial charge in [-0.15, -0.1) is 0 Å². The highest BCUT2D eigenvalue weighted by Gasteiger charge is 2.29. The van der Waals surface area contributed by atoms with Gasteiger partial charge in [0.1, 0.15) is 25.4 Å². The molecule has 0 fully saturated rings. The molecule has 18 heteroatoms. The summed E-state index contributed by atoms with van der Waals surface area (Å²) in [6.07, 6.45) is 111. The van der Waals surface area contributed by atoms with Gasteiger partial charge >= 0.3 is 33.6 Å². The number of allylic oxidation sites excluding steroid dienone is 28. The molecule has 5 unspecified atom stereocenters. The number of phosphoric acid groups is 2. The molecule has 0 aromatic rings. The van der Waals surface area contributed by atoms with Crippen molar-refractivity contribution in [2.24, 2.45) is 0 Å². The van der Waals surface area contributed by atoms with E-state index in [4.69, 9.17) is 32.3 Å². The van der Waals surface area contributed by atoms with Gasteiger partial charge in [-0.1, -0.05) is 358 Å². The summed E-state index contributed by atoms with van der Waals surface area (Å²) in [5.74, 6) is -1.59. The first-order chi connectivity index (χ1) is 55.2. The van der Waals surface area contributed by atoms with Gasteiger partial charge in [0.2, 0.25) is 0 Å². The number of unbranched alkanes of at least 4 members (excludes halogenated alkanes) is 32. The quantitative estimate of drug-likeness (QED) is 0.0146. The molecule has 0 aromatic carbocycles. The first-order valence-electron chi connectivity index (χ1n) is 44.4. The Kier molecular flexibility index (Phi) is 82.4. The molecule has 5 atom stereocenters. The molecule has 0 spiro atoms. The Morgan fingerprint density at radius 2 is 0.442 bits per heavy atom. The van der Waals surface area contributed by atoms with Gasteiger partial charge in [0.25, 0.3) is 0 Å². The SMILES string of the molecule is CC/C=C\C/C=C\C/C=C\C/C=C\C/C=C\C/C=C\CCCCCCCCCCCCCCCCC(=O)OCC(O)COP(=O)(O)OCC(O)COP(=O)(O)OCC(COC(=O)CCCCCCCCCCCCC/C=C\C/C=C\C/C=C\C/C=C\C/C=C\CC)OC(=O)CCCCCCCCC/C=C\C/C=C\C/C=C\CC. The van der Waals surface area contributed by atoms with Crippen molar-refractivity contribution < 1.29 is 75.8 Å². The zero-order valence-electron chi connectivity index (χ0n) is 71.0. The number of carbonyl (C=O) groups excluding carboxylic acids is 3. The second kappa shape index (κ2) is 86.3. The summed E-state index contributed by atoms with van der Waals surface area (Å²) < 4.78 is 61.4. The predicted molar refractivity (Wildman–Crippen MR) is 472 cm³/mol. The fourth-order valence-corrected chi connectivity index (χ4v) is 13.4. The van der Waals surface area contributed by atoms with Gasteiger partial charge in [-0.3, -0.25) is 32.5 Å². The second-order valence-electron chi connectivity index (χ2n) is 29.3. The largest absolute Gasteiger partial charge is 0.472 e. The molecule has 0 aromatic heterocycles. The molecule has 4 N–H and O–H groups in total. The molecule has 113 heavy (non-hydrogen) atoms. The Morgan fingerprint density at radius 1 is 0.248 bits per heavy atom. The van der Waals surface area contributed by atoms with Gasteiger partial charge in [-0.25, -0.2) is 9.13 Å². The van der Waals surface area contributed by atoms with Crippen LogP contribution in [-0.2, 0) is 55.8 Å². The van der Waals surface area contributed by atoms with Crippen molar-refractivity contribution in [2.75, 3.05) is 39.6 Å². The van der Waals surface area contributed by atoms with Crippen molar-refractivity contribution >= 4 is 33.6 Å². The Balaban J connectivity index is 4.52. The van der Waals surface area contributed by atoms with Crippen molar-refractivity contribution in [2.45, 2.75) is 373 Å². The Morgan fingerprint density at radius 3 is 0.699 bits per heavy atom. The predicted octanol–water partition coefficient (Wildman–Crippen LogP) is 27.1. The first-order valence-corrected chi connectivity index (χ1v) is 47.4. The van der Waals surface area contributed by atoms with Crippen LogP contribution in [0.25, 0.3) is 0 Å². The maximum Gasteiger partial charge on any atom is 0.472 e. The van der Waals surface area contributed by atoms with E-state index in [9.17, 15) is 43.5 Å². The van der Waals surface area contributed by atoms with E-state index in [1.54, 1.807) is 0 Å². The van der Waals surface area contributed by atoms with Gasteiger partial charge in [0.15, 0.2) is 6.10 Å². The molecular formula is C95H160O16P2. The summed E-state index contributed by atoms with van der Waals surface area (Å²) in [5, 5.41) is 20.7. The standard InChI is InChI=1S/C95H160O16P2/c1-4-7-10-13-16-19-22-25-28-31-33-35-37-39-41-42-43-44-45-46-48-50-51-53-55-58-60-63-66-69-72-75-78-81-93(98)105-84-90(96)85-107-112(101,102)108-86-91(97)87-109-113(103,104)110-89-92(111-95(100)83-80-77-74-71-68-65-62-57-30-27-24-21-18-15-12-9-6-3)88-106-94(99)82-79-76-73-70-67-64-61-59-56-54-52-49-47-40-38-36-34-32-29-26-23-20-17-14-11-8-5-2/h7-12,16-21,25-30,33-36,39-41,43-44,47,90-92,96-97H,4-6,13-15,22-24,31-32,37-38,42,45-46,48-89H2,1-3H3,(H,101,102)(H,103,104)/b10-7-,11-8-,12-9-,19-16-,20-17-,21-18-,28-25-,29-26-,30-27-,35-33-,36-34-,41-39-,44-43-,47-40-. The molecule has 0 aliphatic carbocycles. The minimum Gasteiger partial charge on any atom is -0.463 e. The maximum absolute atomic E-state index is 13.0. The number of carbonyl (C=O) groups is 3. The van der Waals surface area contributed by atoms with E-state index >= 15 is 0 Å². The number of hydrogen-bond acceptors (Lipinski definition) is 14. The number of aliphatic hydroxyl groups excluding tert-OH is 2. The smallest absolute Gasteiger partial charge is 0.463 e. The van der Waals surface area contributed by atoms with E-state index in [-0.39, 0.29) is 19.3 Å². The first kappa shape index (κ1) is 108. The van der Waals surface area contributed by atoms with Crippen LogP contribution >= 0.6 is 15.6 Å². The lowest BCUT2D eigenvalue weighted by atomic mass is 10.0. The van der Waals surface area contributed by atoms with Crippen molar-refractivity contribution in [1.82, 2.24) is 0 Å². The lowest BCUT2D eigenvalue weighted by Gasteiger charge is -2.21. The van der Waals surface area contributed by atoms with Crippen LogP contribution in [0.5, 0.6) is 0 Å². The van der Waals surface area contributed by atoms with E-state index in [0.717, 1.165) is 193 Å². The second-order valence-corrected chi connectivity index (χ2v) is 32.2. The third-order valence-corrected chi connectivity index (χ3v) is 20.3. The molecular weight excluding hydrogens is 1460 g/mol. The molecule has 0 bridgehead atoms. The van der Waals surface area contributed by atoms with E-state index < -0.39 is 91.5 Å². The van der Waals surface area contributed by atoms with Crippen LogP contribution in [-0.4, -0.2) is 95.9 Å². The van der Waals surface area contributed by atoms with E-state index in [1.807, 2.05) is 0 Å². The number of aliphatic hydroxyl groups is 2. The summed E-state index contributed by atoms with van der Waals surface area (Å²) in [6, 6.07) is 0. The molecule has 0 aliphatic rings. The Bertz CT molecular complexity index is 2730. The zero-order chi connectivity index (χ0) is 82.2. The number of rotatable bonds is 83. The van der Waals surface area contributed by atoms with Gasteiger partial charge in [-0.05, 0) is 148 Å². The van der Waals surface area contributed by atoms with Crippen LogP contribution in [0, 0.1) is 0 Å². The van der Waals surface area contributed by atoms with Gasteiger partial charge in [0.05, 0.1) is 26.4 Å². The minimum absolute atomic E-state index is 0.0892. The van der Waals surface area contributed by atoms with Gasteiger partial charge in [-0.2, -0.15) is 0 Å². The highest BCUT2D eigenvalue weighted by molar-refractivity contribution is 7.47. The topological polar surface area (TPSA) is 231 Å². The average molecular weight is 1620 g/mol. The Labute approximate surface area is 688 Å². The highest BCUT2D eigenvalue weighted by Crippen LogP contribution is 2.45. The van der Waals surface area contributed by atoms with Gasteiger partial charge < -0.3 is 34.2 Å². The molecule has 16 nitrogen and oxygen atoms in total.